The molecule has 15 nitrogen and oxygen atoms in total. The van der Waals surface area contributed by atoms with E-state index in [1.54, 1.807) is 41.5 Å². The number of rotatable bonds is 8. The Morgan fingerprint density at radius 2 is 1.52 bits per heavy atom. The maximum absolute atomic E-state index is 14.1. The molecule has 3 aliphatic heterocycles. The van der Waals surface area contributed by atoms with E-state index < -0.39 is 114 Å². The van der Waals surface area contributed by atoms with Crippen LogP contribution in [0.2, 0.25) is 0 Å². The van der Waals surface area contributed by atoms with E-state index in [0.29, 0.717) is 6.42 Å². The SMILES string of the molecule is CC[C@H]1OC(=O)[C@H](C)[C@@H](O[C@H]2C[C@@](C)(OC)[C@@H](O)[C@H](C)O2)[C@H](C)[C@@H](O[C@@H]2O[C@H](C)C[C@H](N(C)C)[C@H]2O)[C@@](O)(CO)C[C@@H](C)C(=O)[C@H](C)[C@@H](O)[C@]1(C)O. The van der Waals surface area contributed by atoms with Crippen LogP contribution in [0.15, 0.2) is 0 Å². The molecule has 0 aliphatic carbocycles. The molecule has 0 aromatic rings. The van der Waals surface area contributed by atoms with Crippen molar-refractivity contribution in [3.05, 3.63) is 0 Å². The lowest BCUT2D eigenvalue weighted by molar-refractivity contribution is -0.321. The first-order chi connectivity index (χ1) is 24.0. The number of Topliss-reactive ketones (excluding diaryl/α,β-unsaturated/α-hetero) is 1. The van der Waals surface area contributed by atoms with Crippen molar-refractivity contribution in [2.45, 2.75) is 172 Å². The number of aliphatic hydroxyl groups is 6. The molecule has 6 N–H and O–H groups in total. The predicted octanol–water partition coefficient (Wildman–Crippen LogP) is 0.758. The van der Waals surface area contributed by atoms with E-state index in [1.165, 1.54) is 21.0 Å². The summed E-state index contributed by atoms with van der Waals surface area (Å²) in [4.78, 5) is 29.8. The average Bonchev–Trinajstić information content (AvgIpc) is 3.09. The van der Waals surface area contributed by atoms with Crippen molar-refractivity contribution in [1.82, 2.24) is 4.90 Å². The maximum Gasteiger partial charge on any atom is 0.311 e. The van der Waals surface area contributed by atoms with Gasteiger partial charge in [-0.3, -0.25) is 9.59 Å². The topological polar surface area (TPSA) is 214 Å². The lowest BCUT2D eigenvalue weighted by Gasteiger charge is -2.49. The van der Waals surface area contributed by atoms with Gasteiger partial charge in [0.15, 0.2) is 12.6 Å². The second-order valence-corrected chi connectivity index (χ2v) is 16.4. The van der Waals surface area contributed by atoms with Crippen molar-refractivity contribution >= 4 is 11.8 Å². The Labute approximate surface area is 308 Å². The molecular weight excluding hydrogens is 682 g/mol. The Kier molecular flexibility index (Phi) is 15.3. The van der Waals surface area contributed by atoms with Gasteiger partial charge < -0.3 is 64.0 Å². The number of hydrogen-bond acceptors (Lipinski definition) is 15. The van der Waals surface area contributed by atoms with E-state index in [2.05, 4.69) is 0 Å². The lowest BCUT2D eigenvalue weighted by Crippen LogP contribution is -2.62. The van der Waals surface area contributed by atoms with Gasteiger partial charge in [-0.25, -0.2) is 0 Å². The molecule has 0 spiro atoms. The van der Waals surface area contributed by atoms with Gasteiger partial charge in [0.25, 0.3) is 0 Å². The standard InChI is InChI=1S/C37H67NO14/c1-13-25-36(9,45)30(42)20(4)27(40)18(2)15-37(46,17-39)32(52-34-28(41)24(38(10)11)14-19(3)48-34)21(5)29(22(6)33(44)50-25)51-26-16-35(8,47-12)31(43)23(7)49-26/h18-26,28-32,34,39,41-43,45-46H,13-17H2,1-12H3/t18-,19-,20+,21+,22-,23+,24+,25-,26+,28-,29+,30-,31+,32-,34+,35-,36-,37+/m1/s1. The highest BCUT2D eigenvalue weighted by molar-refractivity contribution is 5.83. The number of carbonyl (C=O) groups is 2. The molecular formula is C37H67NO14. The number of methoxy groups -OCH3 is 1. The Bertz CT molecular complexity index is 1190. The van der Waals surface area contributed by atoms with Gasteiger partial charge in [-0.05, 0) is 68.0 Å². The first-order valence-corrected chi connectivity index (χ1v) is 18.7. The van der Waals surface area contributed by atoms with Crippen molar-refractivity contribution < 1.29 is 68.6 Å². The molecule has 0 radical (unpaired) electrons. The highest BCUT2D eigenvalue weighted by Gasteiger charge is 2.54. The van der Waals surface area contributed by atoms with Crippen molar-refractivity contribution in [2.24, 2.45) is 23.7 Å². The van der Waals surface area contributed by atoms with Gasteiger partial charge in [-0.1, -0.05) is 27.7 Å². The van der Waals surface area contributed by atoms with Gasteiger partial charge in [-0.15, -0.1) is 0 Å². The number of carbonyl (C=O) groups excluding carboxylic acids is 2. The minimum absolute atomic E-state index is 0.0458. The van der Waals surface area contributed by atoms with Crippen molar-refractivity contribution in [3.63, 3.8) is 0 Å². The molecule has 0 aromatic heterocycles. The van der Waals surface area contributed by atoms with E-state index >= 15 is 0 Å². The van der Waals surface area contributed by atoms with Gasteiger partial charge in [0.1, 0.15) is 35.3 Å². The van der Waals surface area contributed by atoms with Crippen molar-refractivity contribution in [2.75, 3.05) is 27.8 Å². The number of ether oxygens (including phenoxy) is 6. The molecule has 0 aromatic carbocycles. The number of nitrogens with zero attached hydrogens (tertiary/aromatic N) is 1. The smallest absolute Gasteiger partial charge is 0.311 e. The van der Waals surface area contributed by atoms with Gasteiger partial charge in [0.05, 0.1) is 48.6 Å². The molecule has 0 unspecified atom stereocenters. The molecule has 0 bridgehead atoms. The summed E-state index contributed by atoms with van der Waals surface area (Å²) < 4.78 is 36.8. The molecule has 18 atom stereocenters. The molecule has 3 saturated heterocycles. The third-order valence-corrected chi connectivity index (χ3v) is 12.0. The molecule has 3 fully saturated rings. The predicted molar refractivity (Wildman–Crippen MR) is 188 cm³/mol. The van der Waals surface area contributed by atoms with Gasteiger partial charge in [0.2, 0.25) is 0 Å². The third-order valence-electron chi connectivity index (χ3n) is 12.0. The van der Waals surface area contributed by atoms with Gasteiger partial charge >= 0.3 is 5.97 Å². The van der Waals surface area contributed by atoms with E-state index in [0.717, 1.165) is 0 Å². The molecule has 3 heterocycles. The van der Waals surface area contributed by atoms with Gasteiger partial charge in [0, 0.05) is 37.3 Å². The molecule has 52 heavy (non-hydrogen) atoms. The number of aliphatic hydroxyl groups excluding tert-OH is 4. The van der Waals surface area contributed by atoms with Crippen LogP contribution in [0.1, 0.15) is 88.0 Å². The number of likely N-dealkylation sites (N-methyl/N-ethyl adjacent to an activating group) is 1. The fourth-order valence-electron chi connectivity index (χ4n) is 8.38. The van der Waals surface area contributed by atoms with Crippen LogP contribution in [0.5, 0.6) is 0 Å². The zero-order chi connectivity index (χ0) is 39.7. The second-order valence-electron chi connectivity index (χ2n) is 16.4. The lowest BCUT2D eigenvalue weighted by atomic mass is 9.73. The number of hydrogen-bond donors (Lipinski definition) is 6. The molecule has 3 rings (SSSR count). The fraction of sp³-hybridized carbons (Fsp3) is 0.946. The van der Waals surface area contributed by atoms with Crippen LogP contribution in [0, 0.1) is 23.7 Å². The summed E-state index contributed by atoms with van der Waals surface area (Å²) in [7, 11) is 5.09. The molecule has 304 valence electrons. The molecule has 15 heteroatoms. The summed E-state index contributed by atoms with van der Waals surface area (Å²) in [5.41, 5.74) is -5.33. The van der Waals surface area contributed by atoms with Crippen molar-refractivity contribution in [3.8, 4) is 0 Å². The van der Waals surface area contributed by atoms with Crippen LogP contribution in [0.25, 0.3) is 0 Å². The van der Waals surface area contributed by atoms with Gasteiger partial charge in [-0.2, -0.15) is 0 Å². The van der Waals surface area contributed by atoms with E-state index in [4.69, 9.17) is 28.4 Å². The highest BCUT2D eigenvalue weighted by Crippen LogP contribution is 2.41. The Balaban J connectivity index is 2.22. The zero-order valence-electron chi connectivity index (χ0n) is 33.1. The summed E-state index contributed by atoms with van der Waals surface area (Å²) >= 11 is 0. The summed E-state index contributed by atoms with van der Waals surface area (Å²) in [6.45, 7) is 13.5. The van der Waals surface area contributed by atoms with E-state index in [-0.39, 0.29) is 31.4 Å². The average molecular weight is 750 g/mol. The minimum atomic E-state index is -2.20. The Morgan fingerprint density at radius 3 is 2.06 bits per heavy atom. The van der Waals surface area contributed by atoms with E-state index in [1.807, 2.05) is 25.9 Å². The van der Waals surface area contributed by atoms with Crippen LogP contribution in [-0.4, -0.2) is 159 Å². The normalized spacial score (nSPS) is 49.0. The van der Waals surface area contributed by atoms with Crippen LogP contribution in [-0.2, 0) is 38.0 Å². The Morgan fingerprint density at radius 1 is 0.904 bits per heavy atom. The quantitative estimate of drug-likeness (QED) is 0.189. The summed E-state index contributed by atoms with van der Waals surface area (Å²) in [6.07, 6.45) is -10.9. The van der Waals surface area contributed by atoms with Crippen LogP contribution >= 0.6 is 0 Å². The number of cyclic esters (lactones) is 1. The summed E-state index contributed by atoms with van der Waals surface area (Å²) in [5.74, 6) is -5.61. The first-order valence-electron chi connectivity index (χ1n) is 18.7. The summed E-state index contributed by atoms with van der Waals surface area (Å²) in [5, 5.41) is 68.6. The fourth-order valence-corrected chi connectivity index (χ4v) is 8.38. The highest BCUT2D eigenvalue weighted by atomic mass is 16.7. The van der Waals surface area contributed by atoms with Crippen LogP contribution in [0.3, 0.4) is 0 Å². The number of esters is 1. The summed E-state index contributed by atoms with van der Waals surface area (Å²) in [6, 6.07) is -0.386. The third kappa shape index (κ3) is 9.36. The largest absolute Gasteiger partial charge is 0.459 e. The molecule has 0 saturated carbocycles. The zero-order valence-corrected chi connectivity index (χ0v) is 33.1. The van der Waals surface area contributed by atoms with E-state index in [9.17, 15) is 40.2 Å². The maximum atomic E-state index is 14.1. The second kappa shape index (κ2) is 17.6. The first kappa shape index (κ1) is 45.1. The molecule has 0 amide bonds. The van der Waals surface area contributed by atoms with Crippen LogP contribution < -0.4 is 0 Å². The van der Waals surface area contributed by atoms with Crippen LogP contribution in [0.4, 0.5) is 0 Å². The Hall–Kier alpha value is -1.34. The minimum Gasteiger partial charge on any atom is -0.459 e. The molecule has 3 aliphatic rings. The number of ketones is 1. The monoisotopic (exact) mass is 749 g/mol. The van der Waals surface area contributed by atoms with Crippen molar-refractivity contribution in [1.29, 1.82) is 0 Å².